The van der Waals surface area contributed by atoms with Crippen LogP contribution in [0.4, 0.5) is 0 Å². The molecule has 0 aliphatic rings. The van der Waals surface area contributed by atoms with Crippen molar-refractivity contribution in [3.8, 4) is 0 Å². The number of Topliss-reactive ketones (excluding diaryl/α,β-unsaturated/α-hetero) is 2. The molecule has 0 aliphatic carbocycles. The Hall–Kier alpha value is -1.94. The van der Waals surface area contributed by atoms with Crippen molar-refractivity contribution in [3.05, 3.63) is 52.3 Å². The van der Waals surface area contributed by atoms with Gasteiger partial charge in [0.05, 0.1) is 17.7 Å². The number of halogens is 1. The highest BCUT2D eigenvalue weighted by Crippen LogP contribution is 2.14. The molecule has 2 aromatic rings. The van der Waals surface area contributed by atoms with Gasteiger partial charge in [-0.15, -0.1) is 0 Å². The summed E-state index contributed by atoms with van der Waals surface area (Å²) in [6.07, 6.45) is 1.47. The van der Waals surface area contributed by atoms with Gasteiger partial charge >= 0.3 is 0 Å². The third kappa shape index (κ3) is 3.09. The van der Waals surface area contributed by atoms with E-state index in [4.69, 9.17) is 11.6 Å². The lowest BCUT2D eigenvalue weighted by Crippen LogP contribution is -2.09. The first-order valence-corrected chi connectivity index (χ1v) is 6.17. The number of ketones is 2. The van der Waals surface area contributed by atoms with Crippen LogP contribution in [0.3, 0.4) is 0 Å². The van der Waals surface area contributed by atoms with E-state index in [0.717, 1.165) is 0 Å². The molecule has 5 heteroatoms. The summed E-state index contributed by atoms with van der Waals surface area (Å²) in [6, 6.07) is 6.51. The maximum atomic E-state index is 12.0. The molecular formula is C14H13ClN2O2. The molecular weight excluding hydrogens is 264 g/mol. The van der Waals surface area contributed by atoms with E-state index in [1.807, 2.05) is 0 Å². The monoisotopic (exact) mass is 276 g/mol. The molecule has 1 heterocycles. The molecule has 0 aliphatic heterocycles. The summed E-state index contributed by atoms with van der Waals surface area (Å²) in [6.45, 7) is 1.75. The van der Waals surface area contributed by atoms with Gasteiger partial charge in [-0.2, -0.15) is 5.10 Å². The second-order valence-electron chi connectivity index (χ2n) is 4.33. The number of hydrogen-bond donors (Lipinski definition) is 0. The third-order valence-corrected chi connectivity index (χ3v) is 3.05. The second kappa shape index (κ2) is 5.36. The van der Waals surface area contributed by atoms with Crippen LogP contribution in [0.1, 0.15) is 32.8 Å². The second-order valence-corrected chi connectivity index (χ2v) is 4.77. The number of carbonyl (C=O) groups excluding carboxylic acids is 2. The molecule has 0 atom stereocenters. The van der Waals surface area contributed by atoms with E-state index in [0.29, 0.717) is 21.8 Å². The Morgan fingerprint density at radius 3 is 2.37 bits per heavy atom. The molecule has 0 unspecified atom stereocenters. The average Bonchev–Trinajstić information content (AvgIpc) is 2.69. The van der Waals surface area contributed by atoms with Gasteiger partial charge in [0, 0.05) is 23.8 Å². The zero-order valence-corrected chi connectivity index (χ0v) is 11.4. The third-order valence-electron chi connectivity index (χ3n) is 2.80. The first-order valence-electron chi connectivity index (χ1n) is 5.79. The normalized spacial score (nSPS) is 10.5. The molecule has 0 N–H and O–H groups in total. The van der Waals surface area contributed by atoms with Crippen LogP contribution in [0.2, 0.25) is 5.02 Å². The summed E-state index contributed by atoms with van der Waals surface area (Å²) in [5.41, 5.74) is 1.61. The zero-order chi connectivity index (χ0) is 14.0. The van der Waals surface area contributed by atoms with E-state index >= 15 is 0 Å². The molecule has 0 amide bonds. The number of rotatable bonds is 4. The van der Waals surface area contributed by atoms with E-state index in [9.17, 15) is 9.59 Å². The van der Waals surface area contributed by atoms with Gasteiger partial charge in [-0.3, -0.25) is 14.3 Å². The van der Waals surface area contributed by atoms with Crippen molar-refractivity contribution in [3.63, 3.8) is 0 Å². The van der Waals surface area contributed by atoms with Crippen molar-refractivity contribution in [2.45, 2.75) is 13.3 Å². The van der Waals surface area contributed by atoms with Crippen LogP contribution in [0.15, 0.2) is 30.5 Å². The van der Waals surface area contributed by atoms with Crippen LogP contribution in [0, 0.1) is 6.92 Å². The van der Waals surface area contributed by atoms with Crippen molar-refractivity contribution < 1.29 is 9.59 Å². The van der Waals surface area contributed by atoms with Crippen molar-refractivity contribution >= 4 is 23.2 Å². The lowest BCUT2D eigenvalue weighted by molar-refractivity contribution is 0.0894. The fourth-order valence-corrected chi connectivity index (χ4v) is 1.98. The van der Waals surface area contributed by atoms with Crippen LogP contribution in [0.25, 0.3) is 0 Å². The summed E-state index contributed by atoms with van der Waals surface area (Å²) in [4.78, 5) is 24.0. The quantitative estimate of drug-likeness (QED) is 0.637. The number of aromatic nitrogens is 2. The maximum Gasteiger partial charge on any atom is 0.174 e. The predicted octanol–water partition coefficient (Wildman–Crippen LogP) is 2.84. The summed E-state index contributed by atoms with van der Waals surface area (Å²) >= 11 is 5.75. The Labute approximate surface area is 116 Å². The Morgan fingerprint density at radius 1 is 1.21 bits per heavy atom. The minimum absolute atomic E-state index is 0.159. The van der Waals surface area contributed by atoms with Gasteiger partial charge in [0.15, 0.2) is 11.6 Å². The van der Waals surface area contributed by atoms with Gasteiger partial charge in [-0.25, -0.2) is 0 Å². The molecule has 4 nitrogen and oxygen atoms in total. The van der Waals surface area contributed by atoms with Gasteiger partial charge in [-0.1, -0.05) is 11.6 Å². The number of aryl methyl sites for hydroxylation is 2. The highest BCUT2D eigenvalue weighted by Gasteiger charge is 2.17. The Kier molecular flexibility index (Phi) is 3.81. The van der Waals surface area contributed by atoms with E-state index in [-0.39, 0.29) is 18.0 Å². The van der Waals surface area contributed by atoms with Crippen LogP contribution in [-0.2, 0) is 7.05 Å². The van der Waals surface area contributed by atoms with Crippen molar-refractivity contribution in [2.75, 3.05) is 0 Å². The Morgan fingerprint density at radius 2 is 1.84 bits per heavy atom. The van der Waals surface area contributed by atoms with Crippen molar-refractivity contribution in [1.29, 1.82) is 0 Å². The van der Waals surface area contributed by atoms with E-state index < -0.39 is 0 Å². The average molecular weight is 277 g/mol. The van der Waals surface area contributed by atoms with Gasteiger partial charge in [0.1, 0.15) is 0 Å². The zero-order valence-electron chi connectivity index (χ0n) is 10.7. The lowest BCUT2D eigenvalue weighted by Gasteiger charge is -2.00. The molecule has 2 rings (SSSR count). The van der Waals surface area contributed by atoms with Crippen LogP contribution < -0.4 is 0 Å². The topological polar surface area (TPSA) is 52.0 Å². The molecule has 0 fully saturated rings. The smallest absolute Gasteiger partial charge is 0.174 e. The number of hydrogen-bond acceptors (Lipinski definition) is 3. The number of benzene rings is 1. The minimum Gasteiger partial charge on any atom is -0.294 e. The van der Waals surface area contributed by atoms with Crippen LogP contribution >= 0.6 is 11.6 Å². The molecule has 1 aromatic heterocycles. The van der Waals surface area contributed by atoms with E-state index in [1.54, 1.807) is 49.1 Å². The highest BCUT2D eigenvalue weighted by molar-refractivity contribution is 6.30. The first kappa shape index (κ1) is 13.5. The summed E-state index contributed by atoms with van der Waals surface area (Å²) in [5.74, 6) is -0.435. The van der Waals surface area contributed by atoms with Gasteiger partial charge < -0.3 is 0 Å². The summed E-state index contributed by atoms with van der Waals surface area (Å²) < 4.78 is 1.56. The largest absolute Gasteiger partial charge is 0.294 e. The summed E-state index contributed by atoms with van der Waals surface area (Å²) in [5, 5.41) is 4.65. The van der Waals surface area contributed by atoms with Crippen molar-refractivity contribution in [1.82, 2.24) is 9.78 Å². The fraction of sp³-hybridized carbons (Fsp3) is 0.214. The fourth-order valence-electron chi connectivity index (χ4n) is 1.85. The maximum absolute atomic E-state index is 12.0. The van der Waals surface area contributed by atoms with Crippen molar-refractivity contribution in [2.24, 2.45) is 7.05 Å². The molecule has 0 bridgehead atoms. The molecule has 98 valence electrons. The van der Waals surface area contributed by atoms with E-state index in [2.05, 4.69) is 5.10 Å². The SMILES string of the molecule is Cc1nn(C)cc1C(=O)CC(=O)c1ccc(Cl)cc1. The molecule has 1 aromatic carbocycles. The highest BCUT2D eigenvalue weighted by atomic mass is 35.5. The lowest BCUT2D eigenvalue weighted by atomic mass is 10.0. The van der Waals surface area contributed by atoms with Gasteiger partial charge in [0.2, 0.25) is 0 Å². The number of nitrogens with zero attached hydrogens (tertiary/aromatic N) is 2. The number of carbonyl (C=O) groups is 2. The van der Waals surface area contributed by atoms with Gasteiger partial charge in [-0.05, 0) is 31.2 Å². The van der Waals surface area contributed by atoms with Crippen LogP contribution in [-0.4, -0.2) is 21.3 Å². The molecule has 19 heavy (non-hydrogen) atoms. The summed E-state index contributed by atoms with van der Waals surface area (Å²) in [7, 11) is 1.74. The first-order chi connectivity index (χ1) is 8.97. The van der Waals surface area contributed by atoms with Crippen LogP contribution in [0.5, 0.6) is 0 Å². The molecule has 0 saturated carbocycles. The molecule has 0 spiro atoms. The van der Waals surface area contributed by atoms with Gasteiger partial charge in [0.25, 0.3) is 0 Å². The minimum atomic E-state index is -0.218. The predicted molar refractivity (Wildman–Crippen MR) is 72.7 cm³/mol. The molecule has 0 saturated heterocycles. The Bertz CT molecular complexity index is 629. The Balaban J connectivity index is 2.13. The standard InChI is InChI=1S/C14H13ClN2O2/c1-9-12(8-17(2)16-9)14(19)7-13(18)10-3-5-11(15)6-4-10/h3-6,8H,7H2,1-2H3. The molecule has 0 radical (unpaired) electrons. The van der Waals surface area contributed by atoms with E-state index in [1.165, 1.54) is 0 Å².